The smallest absolute Gasteiger partial charge is 0.244 e. The monoisotopic (exact) mass is 541 g/mol. The van der Waals surface area contributed by atoms with E-state index < -0.39 is 22.0 Å². The number of carbonyl (C=O) groups excluding carboxylic acids is 2. The minimum absolute atomic E-state index is 0.0873. The molecule has 208 valence electrons. The van der Waals surface area contributed by atoms with Crippen molar-refractivity contribution in [1.29, 1.82) is 0 Å². The Kier molecular flexibility index (Phi) is 9.63. The fourth-order valence-corrected chi connectivity index (χ4v) is 5.75. The lowest BCUT2D eigenvalue weighted by Crippen LogP contribution is -2.53. The van der Waals surface area contributed by atoms with Crippen molar-refractivity contribution in [3.8, 4) is 0 Å². The van der Waals surface area contributed by atoms with Gasteiger partial charge >= 0.3 is 0 Å². The van der Waals surface area contributed by atoms with E-state index in [1.807, 2.05) is 43.3 Å². The largest absolute Gasteiger partial charge is 0.352 e. The molecule has 8 heteroatoms. The van der Waals surface area contributed by atoms with Gasteiger partial charge in [-0.15, -0.1) is 0 Å². The van der Waals surface area contributed by atoms with Crippen LogP contribution in [-0.4, -0.2) is 50.0 Å². The first-order chi connectivity index (χ1) is 17.8. The van der Waals surface area contributed by atoms with E-state index in [9.17, 15) is 18.0 Å². The van der Waals surface area contributed by atoms with Gasteiger partial charge < -0.3 is 10.2 Å². The van der Waals surface area contributed by atoms with Crippen LogP contribution in [-0.2, 0) is 31.6 Å². The van der Waals surface area contributed by atoms with Gasteiger partial charge in [0.05, 0.1) is 11.9 Å². The van der Waals surface area contributed by atoms with Gasteiger partial charge in [0.15, 0.2) is 0 Å². The number of nitrogens with one attached hydrogen (secondary N) is 1. The minimum Gasteiger partial charge on any atom is -0.352 e. The molecular formula is C30H43N3O4S. The molecule has 1 atom stereocenters. The van der Waals surface area contributed by atoms with E-state index in [0.29, 0.717) is 5.69 Å². The maximum atomic E-state index is 13.8. The van der Waals surface area contributed by atoms with Gasteiger partial charge in [-0.2, -0.15) is 0 Å². The molecule has 7 nitrogen and oxygen atoms in total. The standard InChI is InChI=1S/C30H43N3O4S/c1-22-11-10-12-24(19-22)20-32(23(2)29(35)31-26-13-8-7-9-14-26)28(34)21-33(38(6,36)37)27-17-15-25(16-18-27)30(3,4)5/h10-12,15-19,23,26H,7-9,13-14,20-21H2,1-6H3,(H,31,35)/t23-/m1/s1. The summed E-state index contributed by atoms with van der Waals surface area (Å²) < 4.78 is 26.8. The first-order valence-corrected chi connectivity index (χ1v) is 15.3. The molecule has 2 amide bonds. The molecule has 0 aliphatic heterocycles. The maximum Gasteiger partial charge on any atom is 0.244 e. The Balaban J connectivity index is 1.88. The van der Waals surface area contributed by atoms with Crippen LogP contribution < -0.4 is 9.62 Å². The number of aryl methyl sites for hydroxylation is 1. The van der Waals surface area contributed by atoms with Crippen LogP contribution in [0.5, 0.6) is 0 Å². The van der Waals surface area contributed by atoms with Crippen LogP contribution in [0.15, 0.2) is 48.5 Å². The highest BCUT2D eigenvalue weighted by molar-refractivity contribution is 7.92. The lowest BCUT2D eigenvalue weighted by atomic mass is 9.87. The first-order valence-electron chi connectivity index (χ1n) is 13.5. The van der Waals surface area contributed by atoms with E-state index in [1.54, 1.807) is 19.1 Å². The SMILES string of the molecule is Cc1cccc(CN(C(=O)CN(c2ccc(C(C)(C)C)cc2)S(C)(=O)=O)[C@H](C)C(=O)NC2CCCCC2)c1. The van der Waals surface area contributed by atoms with Crippen LogP contribution in [0, 0.1) is 6.92 Å². The average molecular weight is 542 g/mol. The third-order valence-corrected chi connectivity index (χ3v) is 8.40. The summed E-state index contributed by atoms with van der Waals surface area (Å²) >= 11 is 0. The van der Waals surface area contributed by atoms with E-state index in [-0.39, 0.29) is 30.5 Å². The predicted molar refractivity (Wildman–Crippen MR) is 154 cm³/mol. The predicted octanol–water partition coefficient (Wildman–Crippen LogP) is 4.92. The number of rotatable bonds is 9. The quantitative estimate of drug-likeness (QED) is 0.488. The van der Waals surface area contributed by atoms with Gasteiger partial charge in [-0.25, -0.2) is 8.42 Å². The molecule has 1 aliphatic rings. The molecule has 2 aromatic carbocycles. The molecule has 0 radical (unpaired) electrons. The first kappa shape index (κ1) is 29.7. The molecule has 0 aromatic heterocycles. The highest BCUT2D eigenvalue weighted by atomic mass is 32.2. The number of hydrogen-bond donors (Lipinski definition) is 1. The summed E-state index contributed by atoms with van der Waals surface area (Å²) in [7, 11) is -3.76. The van der Waals surface area contributed by atoms with Crippen molar-refractivity contribution >= 4 is 27.5 Å². The van der Waals surface area contributed by atoms with Crippen molar-refractivity contribution < 1.29 is 18.0 Å². The summed E-state index contributed by atoms with van der Waals surface area (Å²) in [5.74, 6) is -0.638. The highest BCUT2D eigenvalue weighted by Gasteiger charge is 2.31. The fourth-order valence-electron chi connectivity index (χ4n) is 4.90. The third kappa shape index (κ3) is 8.06. The van der Waals surface area contributed by atoms with Crippen LogP contribution in [0.25, 0.3) is 0 Å². The van der Waals surface area contributed by atoms with E-state index in [2.05, 4.69) is 26.1 Å². The molecule has 0 saturated heterocycles. The van der Waals surface area contributed by atoms with Crippen molar-refractivity contribution in [3.63, 3.8) is 0 Å². The molecule has 0 spiro atoms. The number of amides is 2. The molecule has 1 aliphatic carbocycles. The van der Waals surface area contributed by atoms with Gasteiger partial charge in [0, 0.05) is 12.6 Å². The Hall–Kier alpha value is -2.87. The van der Waals surface area contributed by atoms with E-state index in [4.69, 9.17) is 0 Å². The second kappa shape index (κ2) is 12.3. The zero-order valence-corrected chi connectivity index (χ0v) is 24.5. The molecule has 1 fully saturated rings. The van der Waals surface area contributed by atoms with Crippen LogP contribution in [0.3, 0.4) is 0 Å². The Bertz CT molecular complexity index is 1210. The van der Waals surface area contributed by atoms with Gasteiger partial charge in [0.25, 0.3) is 0 Å². The summed E-state index contributed by atoms with van der Waals surface area (Å²) in [6.07, 6.45) is 6.33. The molecule has 1 N–H and O–H groups in total. The second-order valence-corrected chi connectivity index (χ2v) is 13.5. The summed E-state index contributed by atoms with van der Waals surface area (Å²) in [6, 6.07) is 14.4. The lowest BCUT2D eigenvalue weighted by molar-refractivity contribution is -0.139. The van der Waals surface area contributed by atoms with Crippen LogP contribution in [0.1, 0.15) is 76.5 Å². The van der Waals surface area contributed by atoms with Crippen LogP contribution in [0.2, 0.25) is 0 Å². The Morgan fingerprint density at radius 3 is 2.21 bits per heavy atom. The number of sulfonamides is 1. The van der Waals surface area contributed by atoms with Crippen molar-refractivity contribution in [2.24, 2.45) is 0 Å². The zero-order chi connectivity index (χ0) is 28.1. The van der Waals surface area contributed by atoms with Gasteiger partial charge in [-0.05, 0) is 55.4 Å². The summed E-state index contributed by atoms with van der Waals surface area (Å²) in [6.45, 7) is 9.77. The van der Waals surface area contributed by atoms with Gasteiger partial charge in [0.2, 0.25) is 21.8 Å². The van der Waals surface area contributed by atoms with Crippen molar-refractivity contribution in [3.05, 3.63) is 65.2 Å². The molecule has 0 unspecified atom stereocenters. The van der Waals surface area contributed by atoms with Gasteiger partial charge in [0.1, 0.15) is 12.6 Å². The topological polar surface area (TPSA) is 86.8 Å². The lowest BCUT2D eigenvalue weighted by Gasteiger charge is -2.33. The molecule has 1 saturated carbocycles. The Morgan fingerprint density at radius 2 is 1.66 bits per heavy atom. The number of benzene rings is 2. The Morgan fingerprint density at radius 1 is 1.03 bits per heavy atom. The highest BCUT2D eigenvalue weighted by Crippen LogP contribution is 2.26. The minimum atomic E-state index is -3.76. The van der Waals surface area contributed by atoms with Gasteiger partial charge in [-0.3, -0.25) is 13.9 Å². The van der Waals surface area contributed by atoms with E-state index in [1.165, 1.54) is 11.3 Å². The molecule has 0 bridgehead atoms. The summed E-state index contributed by atoms with van der Waals surface area (Å²) in [5, 5.41) is 3.12. The summed E-state index contributed by atoms with van der Waals surface area (Å²) in [5.41, 5.74) is 3.33. The van der Waals surface area contributed by atoms with E-state index >= 15 is 0 Å². The average Bonchev–Trinajstić information content (AvgIpc) is 2.85. The zero-order valence-electron chi connectivity index (χ0n) is 23.7. The van der Waals surface area contributed by atoms with Crippen LogP contribution >= 0.6 is 0 Å². The molecule has 2 aromatic rings. The maximum absolute atomic E-state index is 13.8. The second-order valence-electron chi connectivity index (χ2n) is 11.6. The number of nitrogens with zero attached hydrogens (tertiary/aromatic N) is 2. The van der Waals surface area contributed by atoms with Gasteiger partial charge in [-0.1, -0.05) is 82.0 Å². The van der Waals surface area contributed by atoms with Crippen molar-refractivity contribution in [2.75, 3.05) is 17.1 Å². The van der Waals surface area contributed by atoms with Crippen molar-refractivity contribution in [2.45, 2.75) is 90.8 Å². The Labute approximate surface area is 228 Å². The molecule has 0 heterocycles. The van der Waals surface area contributed by atoms with Crippen molar-refractivity contribution in [1.82, 2.24) is 10.2 Å². The third-order valence-electron chi connectivity index (χ3n) is 7.25. The van der Waals surface area contributed by atoms with E-state index in [0.717, 1.165) is 52.9 Å². The number of carbonyl (C=O) groups is 2. The molecular weight excluding hydrogens is 498 g/mol. The van der Waals surface area contributed by atoms with Crippen LogP contribution in [0.4, 0.5) is 5.69 Å². The number of anilines is 1. The summed E-state index contributed by atoms with van der Waals surface area (Å²) in [4.78, 5) is 28.5. The fraction of sp³-hybridized carbons (Fsp3) is 0.533. The molecule has 38 heavy (non-hydrogen) atoms. The molecule has 3 rings (SSSR count). The normalized spacial score (nSPS) is 15.5. The number of hydrogen-bond acceptors (Lipinski definition) is 4.